The third kappa shape index (κ3) is 2.78. The fourth-order valence-corrected chi connectivity index (χ4v) is 11.4. The summed E-state index contributed by atoms with van der Waals surface area (Å²) >= 11 is 0. The van der Waals surface area contributed by atoms with Crippen LogP contribution in [0.1, 0.15) is 99.8 Å². The van der Waals surface area contributed by atoms with Gasteiger partial charge in [0.05, 0.1) is 18.3 Å². The number of hydrogen-bond donors (Lipinski definition) is 3. The molecule has 0 radical (unpaired) electrons. The second kappa shape index (κ2) is 7.07. The van der Waals surface area contributed by atoms with Gasteiger partial charge >= 0.3 is 0 Å². The minimum absolute atomic E-state index is 0.0291. The minimum Gasteiger partial charge on any atom is -0.393 e. The Morgan fingerprint density at radius 1 is 0.758 bits per heavy atom. The van der Waals surface area contributed by atoms with Gasteiger partial charge in [0.15, 0.2) is 0 Å². The molecule has 5 saturated carbocycles. The standard InChI is InChI=1S/C29H48O4/c1-16(30)26(4)11-8-17-23(26)19(32)15-29(7)24(17)18(31)14-21-27(5)12-10-22(33)25(2,3)20(27)9-13-28(21,29)6/h17-24,31-33H,8-15H2,1-7H3. The van der Waals surface area contributed by atoms with Crippen LogP contribution in [0.2, 0.25) is 0 Å². The molecule has 5 aliphatic carbocycles. The van der Waals surface area contributed by atoms with Crippen molar-refractivity contribution in [2.45, 2.75) is 118 Å². The van der Waals surface area contributed by atoms with Gasteiger partial charge in [-0.05, 0) is 104 Å². The summed E-state index contributed by atoms with van der Waals surface area (Å²) in [6, 6.07) is 0. The van der Waals surface area contributed by atoms with E-state index in [2.05, 4.69) is 41.5 Å². The monoisotopic (exact) mass is 460 g/mol. The van der Waals surface area contributed by atoms with E-state index in [1.807, 2.05) is 0 Å². The Bertz CT molecular complexity index is 837. The summed E-state index contributed by atoms with van der Waals surface area (Å²) in [6.07, 6.45) is 6.25. The lowest BCUT2D eigenvalue weighted by Gasteiger charge is -2.73. The van der Waals surface area contributed by atoms with Gasteiger partial charge in [-0.15, -0.1) is 0 Å². The molecule has 12 atom stereocenters. The molecule has 5 rings (SSSR count). The van der Waals surface area contributed by atoms with E-state index in [4.69, 9.17) is 0 Å². The summed E-state index contributed by atoms with van der Waals surface area (Å²) in [5.74, 6) is 1.37. The zero-order valence-corrected chi connectivity index (χ0v) is 22.0. The molecule has 33 heavy (non-hydrogen) atoms. The number of hydrogen-bond acceptors (Lipinski definition) is 4. The maximum absolute atomic E-state index is 12.7. The van der Waals surface area contributed by atoms with Crippen LogP contribution >= 0.6 is 0 Å². The van der Waals surface area contributed by atoms with Crippen molar-refractivity contribution in [1.29, 1.82) is 0 Å². The van der Waals surface area contributed by atoms with Crippen molar-refractivity contribution in [3.63, 3.8) is 0 Å². The molecule has 0 aromatic heterocycles. The number of carbonyl (C=O) groups excluding carboxylic acids is 1. The Morgan fingerprint density at radius 3 is 2.06 bits per heavy atom. The maximum Gasteiger partial charge on any atom is 0.136 e. The van der Waals surface area contributed by atoms with Crippen LogP contribution in [0.25, 0.3) is 0 Å². The van der Waals surface area contributed by atoms with E-state index in [-0.39, 0.29) is 57.4 Å². The number of aliphatic hydroxyl groups excluding tert-OH is 3. The molecule has 12 unspecified atom stereocenters. The van der Waals surface area contributed by atoms with E-state index in [9.17, 15) is 20.1 Å². The molecule has 188 valence electrons. The molecule has 5 aliphatic rings. The Hall–Kier alpha value is -0.450. The molecule has 3 N–H and O–H groups in total. The largest absolute Gasteiger partial charge is 0.393 e. The van der Waals surface area contributed by atoms with Crippen LogP contribution in [0.3, 0.4) is 0 Å². The van der Waals surface area contributed by atoms with Crippen LogP contribution in [0.4, 0.5) is 0 Å². The van der Waals surface area contributed by atoms with Crippen molar-refractivity contribution in [2.75, 3.05) is 0 Å². The van der Waals surface area contributed by atoms with Crippen molar-refractivity contribution < 1.29 is 20.1 Å². The number of rotatable bonds is 1. The summed E-state index contributed by atoms with van der Waals surface area (Å²) in [5, 5.41) is 34.3. The molecule has 0 bridgehead atoms. The second-order valence-corrected chi connectivity index (χ2v) is 14.7. The zero-order chi connectivity index (χ0) is 24.4. The lowest BCUT2D eigenvalue weighted by Crippen LogP contribution is -2.70. The Labute approximate surface area is 200 Å². The van der Waals surface area contributed by atoms with Crippen LogP contribution in [0.5, 0.6) is 0 Å². The van der Waals surface area contributed by atoms with Crippen molar-refractivity contribution in [2.24, 2.45) is 56.7 Å². The SMILES string of the molecule is CC(=O)C1(C)CCC2C1C(O)CC1(C)C2C(O)CC2C3(C)CCC(O)C(C)(C)C3CCC21C. The van der Waals surface area contributed by atoms with Gasteiger partial charge in [0.1, 0.15) is 5.78 Å². The van der Waals surface area contributed by atoms with Crippen LogP contribution in [-0.4, -0.2) is 39.4 Å². The molecule has 4 heteroatoms. The third-order valence-corrected chi connectivity index (χ3v) is 13.5. The molecule has 5 fully saturated rings. The van der Waals surface area contributed by atoms with E-state index >= 15 is 0 Å². The molecule has 0 aromatic rings. The van der Waals surface area contributed by atoms with Crippen molar-refractivity contribution >= 4 is 5.78 Å². The molecule has 0 amide bonds. The molecule has 0 heterocycles. The lowest BCUT2D eigenvalue weighted by molar-refractivity contribution is -0.275. The fraction of sp³-hybridized carbons (Fsp3) is 0.966. The number of ketones is 1. The second-order valence-electron chi connectivity index (χ2n) is 14.7. The van der Waals surface area contributed by atoms with Crippen LogP contribution in [0.15, 0.2) is 0 Å². The van der Waals surface area contributed by atoms with Crippen LogP contribution in [0, 0.1) is 56.7 Å². The van der Waals surface area contributed by atoms with Gasteiger partial charge in [0.2, 0.25) is 0 Å². The number of fused-ring (bicyclic) bond motifs is 7. The fourth-order valence-electron chi connectivity index (χ4n) is 11.4. The molecule has 0 saturated heterocycles. The van der Waals surface area contributed by atoms with Crippen molar-refractivity contribution in [1.82, 2.24) is 0 Å². The Kier molecular flexibility index (Phi) is 5.19. The minimum atomic E-state index is -0.481. The first-order chi connectivity index (χ1) is 15.1. The highest BCUT2D eigenvalue weighted by molar-refractivity contribution is 5.82. The average molecular weight is 461 g/mol. The first-order valence-corrected chi connectivity index (χ1v) is 13.7. The Morgan fingerprint density at radius 2 is 1.42 bits per heavy atom. The van der Waals surface area contributed by atoms with E-state index in [1.54, 1.807) is 6.92 Å². The predicted molar refractivity (Wildman–Crippen MR) is 129 cm³/mol. The lowest BCUT2D eigenvalue weighted by atomic mass is 9.32. The van der Waals surface area contributed by atoms with Gasteiger partial charge < -0.3 is 15.3 Å². The van der Waals surface area contributed by atoms with Crippen LogP contribution in [-0.2, 0) is 4.79 Å². The molecule has 0 spiro atoms. The van der Waals surface area contributed by atoms with Crippen molar-refractivity contribution in [3.8, 4) is 0 Å². The predicted octanol–water partition coefficient (Wildman–Crippen LogP) is 4.98. The van der Waals surface area contributed by atoms with Gasteiger partial charge in [-0.2, -0.15) is 0 Å². The summed E-state index contributed by atoms with van der Waals surface area (Å²) in [5.41, 5.74) is -0.580. The summed E-state index contributed by atoms with van der Waals surface area (Å²) in [6.45, 7) is 15.6. The average Bonchev–Trinajstić information content (AvgIpc) is 3.06. The number of carbonyl (C=O) groups is 1. The highest BCUT2D eigenvalue weighted by Crippen LogP contribution is 2.76. The van der Waals surface area contributed by atoms with E-state index in [0.717, 1.165) is 44.9 Å². The topological polar surface area (TPSA) is 77.8 Å². The number of aliphatic hydroxyl groups is 3. The zero-order valence-electron chi connectivity index (χ0n) is 22.0. The van der Waals surface area contributed by atoms with Crippen molar-refractivity contribution in [3.05, 3.63) is 0 Å². The summed E-state index contributed by atoms with van der Waals surface area (Å²) in [7, 11) is 0. The van der Waals surface area contributed by atoms with E-state index in [1.165, 1.54) is 0 Å². The highest BCUT2D eigenvalue weighted by atomic mass is 16.3. The molecule has 4 nitrogen and oxygen atoms in total. The van der Waals surface area contributed by atoms with Gasteiger partial charge in [-0.1, -0.05) is 41.5 Å². The Balaban J connectivity index is 1.57. The summed E-state index contributed by atoms with van der Waals surface area (Å²) < 4.78 is 0. The first-order valence-electron chi connectivity index (χ1n) is 13.7. The summed E-state index contributed by atoms with van der Waals surface area (Å²) in [4.78, 5) is 12.7. The molecular formula is C29H48O4. The van der Waals surface area contributed by atoms with E-state index < -0.39 is 11.5 Å². The van der Waals surface area contributed by atoms with E-state index in [0.29, 0.717) is 18.3 Å². The number of Topliss-reactive ketones (excluding diaryl/α,β-unsaturated/α-hetero) is 1. The first kappa shape index (κ1) is 24.3. The van der Waals surface area contributed by atoms with Gasteiger partial charge in [-0.25, -0.2) is 0 Å². The molecule has 0 aromatic carbocycles. The highest BCUT2D eigenvalue weighted by Gasteiger charge is 2.72. The maximum atomic E-state index is 12.7. The third-order valence-electron chi connectivity index (χ3n) is 13.5. The molecule has 0 aliphatic heterocycles. The quantitative estimate of drug-likeness (QED) is 0.516. The van der Waals surface area contributed by atoms with Gasteiger partial charge in [0, 0.05) is 11.3 Å². The van der Waals surface area contributed by atoms with Crippen LogP contribution < -0.4 is 0 Å². The molecular weight excluding hydrogens is 412 g/mol. The normalized spacial score (nSPS) is 59.7. The van der Waals surface area contributed by atoms with Gasteiger partial charge in [0.25, 0.3) is 0 Å². The smallest absolute Gasteiger partial charge is 0.136 e. The van der Waals surface area contributed by atoms with Gasteiger partial charge in [-0.3, -0.25) is 4.79 Å².